The van der Waals surface area contributed by atoms with Crippen LogP contribution in [0.4, 0.5) is 10.1 Å². The molecule has 0 aromatic heterocycles. The van der Waals surface area contributed by atoms with Crippen LogP contribution in [0.3, 0.4) is 0 Å². The second kappa shape index (κ2) is 11.2. The molecule has 1 fully saturated rings. The van der Waals surface area contributed by atoms with Crippen molar-refractivity contribution in [3.05, 3.63) is 46.3 Å². The van der Waals surface area contributed by atoms with Crippen LogP contribution < -0.4 is 19.1 Å². The maximum absolute atomic E-state index is 15.5. The summed E-state index contributed by atoms with van der Waals surface area (Å²) in [6.45, 7) is 13.3. The van der Waals surface area contributed by atoms with Crippen molar-refractivity contribution < 1.29 is 28.1 Å². The van der Waals surface area contributed by atoms with E-state index < -0.39 is 5.82 Å². The lowest BCUT2D eigenvalue weighted by Crippen LogP contribution is -2.37. The summed E-state index contributed by atoms with van der Waals surface area (Å²) in [5.41, 5.74) is 3.14. The van der Waals surface area contributed by atoms with Crippen molar-refractivity contribution in [2.24, 2.45) is 0 Å². The van der Waals surface area contributed by atoms with E-state index >= 15 is 4.39 Å². The number of nitrogens with zero attached hydrogens (tertiary/aromatic N) is 2. The van der Waals surface area contributed by atoms with Gasteiger partial charge in [-0.15, -0.1) is 0 Å². The van der Waals surface area contributed by atoms with Gasteiger partial charge in [0.25, 0.3) is 0 Å². The topological polar surface area (TPSA) is 84.3 Å². The zero-order chi connectivity index (χ0) is 27.6. The van der Waals surface area contributed by atoms with Gasteiger partial charge in [-0.2, -0.15) is 0 Å². The van der Waals surface area contributed by atoms with Crippen molar-refractivity contribution in [3.8, 4) is 17.2 Å². The molecule has 4 rings (SSSR count). The molecule has 0 bridgehead atoms. The third kappa shape index (κ3) is 5.29. The van der Waals surface area contributed by atoms with Gasteiger partial charge in [-0.25, -0.2) is 4.39 Å². The van der Waals surface area contributed by atoms with Gasteiger partial charge in [-0.3, -0.25) is 15.1 Å². The largest absolute Gasteiger partial charge is 0.494 e. The Hall–Kier alpha value is -3.33. The molecule has 0 atom stereocenters. The molecular formula is C29H38FN3O5. The number of carbonyl (C=O) groups excluding carboxylic acids is 1. The number of fused-ring (bicyclic) bond motifs is 1. The Morgan fingerprint density at radius 3 is 2.37 bits per heavy atom. The van der Waals surface area contributed by atoms with E-state index in [1.54, 1.807) is 20.1 Å². The van der Waals surface area contributed by atoms with Crippen LogP contribution in [0.1, 0.15) is 56.9 Å². The SMILES string of the molecule is CCOc1cc2c(c(F)c1OCC)C(=N)N(C(=O)Cc1cc(N3CCOCC3)c(OC)c(C(C)(C)C)c1)C2. The zero-order valence-electron chi connectivity index (χ0n) is 23.2. The van der Waals surface area contributed by atoms with E-state index in [2.05, 4.69) is 25.7 Å². The Morgan fingerprint density at radius 1 is 1.08 bits per heavy atom. The van der Waals surface area contributed by atoms with Crippen LogP contribution >= 0.6 is 0 Å². The summed E-state index contributed by atoms with van der Waals surface area (Å²) in [4.78, 5) is 17.1. The summed E-state index contributed by atoms with van der Waals surface area (Å²) in [5, 5.41) is 8.66. The highest BCUT2D eigenvalue weighted by molar-refractivity contribution is 6.10. The summed E-state index contributed by atoms with van der Waals surface area (Å²) in [5.74, 6) is -0.0443. The minimum atomic E-state index is -0.665. The van der Waals surface area contributed by atoms with Gasteiger partial charge < -0.3 is 23.8 Å². The minimum absolute atomic E-state index is 0.0210. The molecular weight excluding hydrogens is 489 g/mol. The molecule has 0 saturated carbocycles. The van der Waals surface area contributed by atoms with Gasteiger partial charge in [0.05, 0.1) is 57.8 Å². The summed E-state index contributed by atoms with van der Waals surface area (Å²) in [6, 6.07) is 5.68. The first-order chi connectivity index (χ1) is 18.1. The fourth-order valence-corrected chi connectivity index (χ4v) is 5.03. The monoisotopic (exact) mass is 527 g/mol. The van der Waals surface area contributed by atoms with Crippen LogP contribution in [0.2, 0.25) is 0 Å². The molecule has 2 aliphatic rings. The molecule has 0 spiro atoms. The van der Waals surface area contributed by atoms with E-state index in [1.807, 2.05) is 19.1 Å². The van der Waals surface area contributed by atoms with Crippen molar-refractivity contribution in [2.45, 2.75) is 53.0 Å². The van der Waals surface area contributed by atoms with E-state index in [0.717, 1.165) is 35.7 Å². The molecule has 1 saturated heterocycles. The zero-order valence-corrected chi connectivity index (χ0v) is 23.2. The summed E-state index contributed by atoms with van der Waals surface area (Å²) in [6.07, 6.45) is 0.0685. The van der Waals surface area contributed by atoms with Gasteiger partial charge >= 0.3 is 0 Å². The molecule has 2 heterocycles. The number of hydrogen-bond acceptors (Lipinski definition) is 7. The molecule has 0 aliphatic carbocycles. The van der Waals surface area contributed by atoms with Gasteiger partial charge in [0.15, 0.2) is 17.3 Å². The molecule has 1 N–H and O–H groups in total. The van der Waals surface area contributed by atoms with Gasteiger partial charge in [0.2, 0.25) is 5.91 Å². The maximum Gasteiger partial charge on any atom is 0.232 e. The van der Waals surface area contributed by atoms with E-state index in [9.17, 15) is 4.79 Å². The normalized spacial score (nSPS) is 15.5. The predicted molar refractivity (Wildman–Crippen MR) is 145 cm³/mol. The molecule has 2 aromatic carbocycles. The molecule has 8 nitrogen and oxygen atoms in total. The Bertz CT molecular complexity index is 1220. The first-order valence-corrected chi connectivity index (χ1v) is 13.1. The predicted octanol–water partition coefficient (Wildman–Crippen LogP) is 4.68. The average Bonchev–Trinajstić information content (AvgIpc) is 3.22. The highest BCUT2D eigenvalue weighted by Crippen LogP contribution is 2.42. The second-order valence-electron chi connectivity index (χ2n) is 10.5. The fourth-order valence-electron chi connectivity index (χ4n) is 5.03. The molecule has 206 valence electrons. The first kappa shape index (κ1) is 27.7. The molecule has 1 amide bonds. The molecule has 38 heavy (non-hydrogen) atoms. The van der Waals surface area contributed by atoms with Crippen LogP contribution in [0, 0.1) is 11.2 Å². The van der Waals surface area contributed by atoms with Gasteiger partial charge in [0.1, 0.15) is 11.6 Å². The molecule has 0 radical (unpaired) electrons. The van der Waals surface area contributed by atoms with Crippen molar-refractivity contribution >= 4 is 17.4 Å². The number of amidine groups is 1. The van der Waals surface area contributed by atoms with Gasteiger partial charge in [0, 0.05) is 18.7 Å². The molecule has 0 unspecified atom stereocenters. The van der Waals surface area contributed by atoms with Crippen molar-refractivity contribution in [1.29, 1.82) is 5.41 Å². The number of benzene rings is 2. The lowest BCUT2D eigenvalue weighted by Gasteiger charge is -2.33. The number of amides is 1. The van der Waals surface area contributed by atoms with E-state index in [0.29, 0.717) is 25.4 Å². The smallest absolute Gasteiger partial charge is 0.232 e. The highest BCUT2D eigenvalue weighted by atomic mass is 19.1. The van der Waals surface area contributed by atoms with Gasteiger partial charge in [-0.05, 0) is 42.5 Å². The number of nitrogens with one attached hydrogen (secondary N) is 1. The Kier molecular flexibility index (Phi) is 8.16. The average molecular weight is 528 g/mol. The molecule has 2 aliphatic heterocycles. The Balaban J connectivity index is 1.67. The van der Waals surface area contributed by atoms with Crippen LogP contribution in [0.25, 0.3) is 0 Å². The number of morpholine rings is 1. The first-order valence-electron chi connectivity index (χ1n) is 13.1. The number of carbonyl (C=O) groups is 1. The van der Waals surface area contributed by atoms with Gasteiger partial charge in [-0.1, -0.05) is 26.8 Å². The van der Waals surface area contributed by atoms with E-state index in [1.165, 1.54) is 4.90 Å². The Morgan fingerprint density at radius 2 is 1.76 bits per heavy atom. The number of hydrogen-bond donors (Lipinski definition) is 1. The number of methoxy groups -OCH3 is 1. The Labute approximate surface area is 224 Å². The minimum Gasteiger partial charge on any atom is -0.494 e. The number of anilines is 1. The third-order valence-electron chi connectivity index (χ3n) is 6.84. The van der Waals surface area contributed by atoms with E-state index in [4.69, 9.17) is 24.4 Å². The van der Waals surface area contributed by atoms with Crippen LogP contribution in [-0.4, -0.2) is 63.3 Å². The van der Waals surface area contributed by atoms with Crippen molar-refractivity contribution in [3.63, 3.8) is 0 Å². The molecule has 2 aromatic rings. The number of rotatable bonds is 8. The second-order valence-corrected chi connectivity index (χ2v) is 10.5. The lowest BCUT2D eigenvalue weighted by atomic mass is 9.84. The summed E-state index contributed by atoms with van der Waals surface area (Å²) < 4.78 is 38.0. The molecule has 9 heteroatoms. The maximum atomic E-state index is 15.5. The standard InChI is InChI=1S/C29H38FN3O5/c1-7-37-22-16-19-17-33(28(31)24(19)25(30)27(22)38-8-2)23(34)15-18-13-20(29(3,4)5)26(35-6)21(14-18)32-9-11-36-12-10-32/h13-14,16,31H,7-12,15,17H2,1-6H3. The summed E-state index contributed by atoms with van der Waals surface area (Å²) >= 11 is 0. The quantitative estimate of drug-likeness (QED) is 0.537. The van der Waals surface area contributed by atoms with Crippen molar-refractivity contribution in [2.75, 3.05) is 51.5 Å². The van der Waals surface area contributed by atoms with E-state index in [-0.39, 0.29) is 53.8 Å². The fraction of sp³-hybridized carbons (Fsp3) is 0.517. The number of ether oxygens (including phenoxy) is 4. The summed E-state index contributed by atoms with van der Waals surface area (Å²) in [7, 11) is 1.67. The van der Waals surface area contributed by atoms with Crippen LogP contribution in [0.15, 0.2) is 18.2 Å². The third-order valence-corrected chi connectivity index (χ3v) is 6.84. The number of halogens is 1. The van der Waals surface area contributed by atoms with Crippen LogP contribution in [-0.2, 0) is 27.9 Å². The lowest BCUT2D eigenvalue weighted by molar-refractivity contribution is -0.126. The van der Waals surface area contributed by atoms with Crippen LogP contribution in [0.5, 0.6) is 17.2 Å². The highest BCUT2D eigenvalue weighted by Gasteiger charge is 2.35. The van der Waals surface area contributed by atoms with Crippen molar-refractivity contribution in [1.82, 2.24) is 4.90 Å².